The van der Waals surface area contributed by atoms with Gasteiger partial charge >= 0.3 is 0 Å². The molecule has 0 spiro atoms. The van der Waals surface area contributed by atoms with E-state index in [2.05, 4.69) is 10.1 Å². The van der Waals surface area contributed by atoms with Crippen LogP contribution in [0, 0.1) is 18.5 Å². The van der Waals surface area contributed by atoms with Gasteiger partial charge in [-0.05, 0) is 32.9 Å². The zero-order chi connectivity index (χ0) is 15.0. The van der Waals surface area contributed by atoms with Crippen LogP contribution in [-0.4, -0.2) is 21.2 Å². The van der Waals surface area contributed by atoms with Gasteiger partial charge in [0.1, 0.15) is 10.4 Å². The molecular formula is C16H17N3OS. The first-order valence-electron chi connectivity index (χ1n) is 6.93. The third-order valence-electron chi connectivity index (χ3n) is 3.56. The van der Waals surface area contributed by atoms with Gasteiger partial charge in [0.25, 0.3) is 0 Å². The first-order chi connectivity index (χ1) is 10.1. The smallest absolute Gasteiger partial charge is 0.155 e. The number of aromatic amines is 1. The van der Waals surface area contributed by atoms with E-state index in [1.54, 1.807) is 0 Å². The quantitative estimate of drug-likeness (QED) is 0.741. The molecule has 1 aromatic carbocycles. The number of nitrogens with one attached hydrogen (secondary N) is 1. The van der Waals surface area contributed by atoms with Crippen molar-refractivity contribution in [1.29, 1.82) is 0 Å². The SMILES string of the molecule is CCOc1ccccc1-c1cc2nc(C)c(C)c(=S)n2[nH]1. The molecule has 2 aromatic heterocycles. The highest BCUT2D eigenvalue weighted by Crippen LogP contribution is 2.29. The minimum absolute atomic E-state index is 0.632. The van der Waals surface area contributed by atoms with Gasteiger partial charge in [0.2, 0.25) is 0 Å². The molecule has 3 rings (SSSR count). The lowest BCUT2D eigenvalue weighted by Crippen LogP contribution is -1.98. The molecule has 0 aliphatic heterocycles. The number of para-hydroxylation sites is 1. The van der Waals surface area contributed by atoms with Crippen LogP contribution < -0.4 is 4.74 Å². The van der Waals surface area contributed by atoms with Crippen LogP contribution in [0.25, 0.3) is 16.9 Å². The molecule has 3 aromatic rings. The van der Waals surface area contributed by atoms with Crippen LogP contribution in [0.4, 0.5) is 0 Å². The van der Waals surface area contributed by atoms with Crippen molar-refractivity contribution in [2.75, 3.05) is 6.61 Å². The van der Waals surface area contributed by atoms with Crippen molar-refractivity contribution in [2.24, 2.45) is 0 Å². The van der Waals surface area contributed by atoms with Gasteiger partial charge in [0, 0.05) is 22.9 Å². The minimum atomic E-state index is 0.632. The first-order valence-corrected chi connectivity index (χ1v) is 7.34. The molecule has 0 saturated carbocycles. The number of benzene rings is 1. The van der Waals surface area contributed by atoms with E-state index in [1.165, 1.54) is 0 Å². The molecular weight excluding hydrogens is 282 g/mol. The molecule has 0 radical (unpaired) electrons. The van der Waals surface area contributed by atoms with Crippen molar-refractivity contribution in [3.05, 3.63) is 46.2 Å². The Hall–Kier alpha value is -2.14. The Morgan fingerprint density at radius 2 is 2.05 bits per heavy atom. The predicted molar refractivity (Wildman–Crippen MR) is 86.5 cm³/mol. The Morgan fingerprint density at radius 3 is 2.81 bits per heavy atom. The molecule has 2 heterocycles. The van der Waals surface area contributed by atoms with Crippen molar-refractivity contribution in [1.82, 2.24) is 14.6 Å². The van der Waals surface area contributed by atoms with E-state index in [4.69, 9.17) is 17.0 Å². The van der Waals surface area contributed by atoms with E-state index in [-0.39, 0.29) is 0 Å². The van der Waals surface area contributed by atoms with Crippen LogP contribution >= 0.6 is 12.2 Å². The molecule has 4 nitrogen and oxygen atoms in total. The predicted octanol–water partition coefficient (Wildman–Crippen LogP) is 4.07. The summed E-state index contributed by atoms with van der Waals surface area (Å²) in [4.78, 5) is 4.58. The zero-order valence-corrected chi connectivity index (χ0v) is 13.1. The zero-order valence-electron chi connectivity index (χ0n) is 12.3. The Bertz CT molecular complexity index is 864. The summed E-state index contributed by atoms with van der Waals surface area (Å²) in [6.07, 6.45) is 0. The lowest BCUT2D eigenvalue weighted by atomic mass is 10.1. The topological polar surface area (TPSA) is 42.3 Å². The summed E-state index contributed by atoms with van der Waals surface area (Å²) in [7, 11) is 0. The largest absolute Gasteiger partial charge is 0.493 e. The Balaban J connectivity index is 2.23. The van der Waals surface area contributed by atoms with Gasteiger partial charge in [0.15, 0.2) is 5.65 Å². The van der Waals surface area contributed by atoms with Crippen molar-refractivity contribution < 1.29 is 4.74 Å². The fourth-order valence-electron chi connectivity index (χ4n) is 2.33. The second-order valence-electron chi connectivity index (χ2n) is 4.92. The molecule has 108 valence electrons. The standard InChI is InChI=1S/C16H17N3OS/c1-4-20-14-8-6-5-7-12(14)13-9-15-17-11(3)10(2)16(21)19(15)18-13/h5-9,18H,4H2,1-3H3. The summed E-state index contributed by atoms with van der Waals surface area (Å²) >= 11 is 5.49. The first kappa shape index (κ1) is 13.8. The maximum absolute atomic E-state index is 5.69. The lowest BCUT2D eigenvalue weighted by Gasteiger charge is -2.07. The third kappa shape index (κ3) is 2.34. The summed E-state index contributed by atoms with van der Waals surface area (Å²) in [5.41, 5.74) is 4.76. The molecule has 0 atom stereocenters. The molecule has 0 fully saturated rings. The highest BCUT2D eigenvalue weighted by molar-refractivity contribution is 7.71. The van der Waals surface area contributed by atoms with Crippen LogP contribution in [-0.2, 0) is 0 Å². The van der Waals surface area contributed by atoms with Crippen LogP contribution in [0.1, 0.15) is 18.2 Å². The van der Waals surface area contributed by atoms with Gasteiger partial charge in [-0.1, -0.05) is 24.4 Å². The summed E-state index contributed by atoms with van der Waals surface area (Å²) in [6, 6.07) is 9.95. The average molecular weight is 299 g/mol. The van der Waals surface area contributed by atoms with Crippen molar-refractivity contribution in [3.63, 3.8) is 0 Å². The van der Waals surface area contributed by atoms with Crippen molar-refractivity contribution in [2.45, 2.75) is 20.8 Å². The summed E-state index contributed by atoms with van der Waals surface area (Å²) in [5.74, 6) is 0.853. The van der Waals surface area contributed by atoms with Crippen LogP contribution in [0.5, 0.6) is 5.75 Å². The Kier molecular flexibility index (Phi) is 3.51. The summed E-state index contributed by atoms with van der Waals surface area (Å²) in [6.45, 7) is 6.58. The second-order valence-corrected chi connectivity index (χ2v) is 5.31. The van der Waals surface area contributed by atoms with Crippen LogP contribution in [0.2, 0.25) is 0 Å². The van der Waals surface area contributed by atoms with E-state index in [0.29, 0.717) is 6.61 Å². The number of nitrogens with zero attached hydrogens (tertiary/aromatic N) is 2. The van der Waals surface area contributed by atoms with Gasteiger partial charge < -0.3 is 4.74 Å². The molecule has 0 aliphatic rings. The maximum Gasteiger partial charge on any atom is 0.155 e. The molecule has 0 bridgehead atoms. The molecule has 0 amide bonds. The molecule has 0 saturated heterocycles. The summed E-state index contributed by atoms with van der Waals surface area (Å²) < 4.78 is 8.29. The molecule has 0 aliphatic carbocycles. The number of ether oxygens (including phenoxy) is 1. The van der Waals surface area contributed by atoms with Crippen molar-refractivity contribution in [3.8, 4) is 17.0 Å². The third-order valence-corrected chi connectivity index (χ3v) is 4.05. The van der Waals surface area contributed by atoms with Crippen LogP contribution in [0.3, 0.4) is 0 Å². The van der Waals surface area contributed by atoms with E-state index >= 15 is 0 Å². The highest BCUT2D eigenvalue weighted by atomic mass is 32.1. The maximum atomic E-state index is 5.69. The number of aryl methyl sites for hydroxylation is 1. The van der Waals surface area contributed by atoms with Gasteiger partial charge in [-0.3, -0.25) is 5.10 Å². The average Bonchev–Trinajstić information content (AvgIpc) is 2.90. The van der Waals surface area contributed by atoms with Gasteiger partial charge in [0.05, 0.1) is 12.3 Å². The number of rotatable bonds is 3. The molecule has 0 unspecified atom stereocenters. The highest BCUT2D eigenvalue weighted by Gasteiger charge is 2.11. The van der Waals surface area contributed by atoms with Crippen LogP contribution in [0.15, 0.2) is 30.3 Å². The Morgan fingerprint density at radius 1 is 1.29 bits per heavy atom. The normalized spacial score (nSPS) is 11.0. The van der Waals surface area contributed by atoms with E-state index in [0.717, 1.165) is 38.6 Å². The number of H-pyrrole nitrogens is 1. The number of hydrogen-bond donors (Lipinski definition) is 1. The van der Waals surface area contributed by atoms with Gasteiger partial charge in [-0.25, -0.2) is 9.50 Å². The lowest BCUT2D eigenvalue weighted by molar-refractivity contribution is 0.341. The molecule has 1 N–H and O–H groups in total. The second kappa shape index (κ2) is 5.33. The molecule has 21 heavy (non-hydrogen) atoms. The molecule has 5 heteroatoms. The van der Waals surface area contributed by atoms with E-state index in [1.807, 2.05) is 55.6 Å². The number of aromatic nitrogens is 3. The monoisotopic (exact) mass is 299 g/mol. The van der Waals surface area contributed by atoms with Gasteiger partial charge in [-0.15, -0.1) is 0 Å². The van der Waals surface area contributed by atoms with Crippen molar-refractivity contribution >= 4 is 17.9 Å². The van der Waals surface area contributed by atoms with E-state index in [9.17, 15) is 0 Å². The fourth-order valence-corrected chi connectivity index (χ4v) is 2.61. The number of hydrogen-bond acceptors (Lipinski definition) is 3. The Labute approximate surface area is 128 Å². The fraction of sp³-hybridized carbons (Fsp3) is 0.250. The number of fused-ring (bicyclic) bond motifs is 1. The van der Waals surface area contributed by atoms with E-state index < -0.39 is 0 Å². The minimum Gasteiger partial charge on any atom is -0.493 e. The summed E-state index contributed by atoms with van der Waals surface area (Å²) in [5, 5.41) is 3.32. The van der Waals surface area contributed by atoms with Gasteiger partial charge in [-0.2, -0.15) is 0 Å².